The van der Waals surface area contributed by atoms with E-state index >= 15 is 0 Å². The number of rotatable bonds is 3. The van der Waals surface area contributed by atoms with Gasteiger partial charge in [0.05, 0.1) is 10.2 Å². The van der Waals surface area contributed by atoms with Crippen molar-refractivity contribution in [1.29, 1.82) is 0 Å². The zero-order valence-electron chi connectivity index (χ0n) is 10.3. The van der Waals surface area contributed by atoms with Crippen molar-refractivity contribution >= 4 is 32.6 Å². The number of hydrogen-bond donors (Lipinski definition) is 1. The molecule has 1 aromatic carbocycles. The Morgan fingerprint density at radius 2 is 2.24 bits per heavy atom. The van der Waals surface area contributed by atoms with Crippen LogP contribution < -0.4 is 5.32 Å². The molecule has 0 aliphatic heterocycles. The Bertz CT molecular complexity index is 545. The maximum absolute atomic E-state index is 11.3. The van der Waals surface area contributed by atoms with Crippen LogP contribution in [-0.4, -0.2) is 10.9 Å². The van der Waals surface area contributed by atoms with Crippen LogP contribution in [0.25, 0.3) is 10.2 Å². The van der Waals surface area contributed by atoms with Crippen molar-refractivity contribution in [2.75, 3.05) is 5.32 Å². The molecular formula is C13H16N2OS. The third kappa shape index (κ3) is 2.47. The van der Waals surface area contributed by atoms with Gasteiger partial charge in [-0.15, -0.1) is 0 Å². The molecule has 2 aromatic rings. The maximum Gasteiger partial charge on any atom is 0.225 e. The van der Waals surface area contributed by atoms with Crippen LogP contribution in [0.15, 0.2) is 18.2 Å². The molecule has 0 atom stereocenters. The van der Waals surface area contributed by atoms with Crippen LogP contribution in [0.4, 0.5) is 5.13 Å². The van der Waals surface area contributed by atoms with Crippen molar-refractivity contribution in [3.8, 4) is 0 Å². The van der Waals surface area contributed by atoms with Crippen LogP contribution in [0.3, 0.4) is 0 Å². The molecule has 4 heteroatoms. The topological polar surface area (TPSA) is 42.0 Å². The first kappa shape index (κ1) is 12.0. The summed E-state index contributed by atoms with van der Waals surface area (Å²) in [6, 6.07) is 6.18. The number of carbonyl (C=O) groups is 1. The van der Waals surface area contributed by atoms with Gasteiger partial charge in [0, 0.05) is 6.42 Å². The molecule has 0 aliphatic rings. The molecule has 1 amide bonds. The van der Waals surface area contributed by atoms with Crippen molar-refractivity contribution < 1.29 is 4.79 Å². The molecule has 17 heavy (non-hydrogen) atoms. The molecular weight excluding hydrogens is 232 g/mol. The Hall–Kier alpha value is -1.42. The number of nitrogens with one attached hydrogen (secondary N) is 1. The second kappa shape index (κ2) is 4.84. The first-order valence-corrected chi connectivity index (χ1v) is 6.62. The lowest BCUT2D eigenvalue weighted by atomic mass is 10.0. The van der Waals surface area contributed by atoms with E-state index in [4.69, 9.17) is 0 Å². The Kier molecular flexibility index (Phi) is 3.43. The van der Waals surface area contributed by atoms with Gasteiger partial charge in [0.15, 0.2) is 5.13 Å². The van der Waals surface area contributed by atoms with Crippen molar-refractivity contribution in [3.63, 3.8) is 0 Å². The van der Waals surface area contributed by atoms with Gasteiger partial charge in [0.25, 0.3) is 0 Å². The average molecular weight is 248 g/mol. The standard InChI is InChI=1S/C13H16N2OS/c1-4-11(16)14-13-15-12-9(8(2)3)6-5-7-10(12)17-13/h5-8H,4H2,1-3H3,(H,14,15,16). The Morgan fingerprint density at radius 3 is 2.88 bits per heavy atom. The minimum atomic E-state index is 0.00940. The fourth-order valence-electron chi connectivity index (χ4n) is 1.70. The molecule has 1 heterocycles. The fourth-order valence-corrected chi connectivity index (χ4v) is 2.61. The number of nitrogens with zero attached hydrogens (tertiary/aromatic N) is 1. The van der Waals surface area contributed by atoms with Gasteiger partial charge in [-0.25, -0.2) is 4.98 Å². The monoisotopic (exact) mass is 248 g/mol. The Balaban J connectivity index is 2.43. The van der Waals surface area contributed by atoms with Gasteiger partial charge in [-0.2, -0.15) is 0 Å². The second-order valence-electron chi connectivity index (χ2n) is 4.27. The van der Waals surface area contributed by atoms with Gasteiger partial charge in [0.1, 0.15) is 0 Å². The van der Waals surface area contributed by atoms with E-state index in [2.05, 4.69) is 30.2 Å². The lowest BCUT2D eigenvalue weighted by Crippen LogP contribution is -2.08. The minimum absolute atomic E-state index is 0.00940. The highest BCUT2D eigenvalue weighted by Crippen LogP contribution is 2.31. The van der Waals surface area contributed by atoms with Crippen LogP contribution >= 0.6 is 11.3 Å². The molecule has 2 rings (SSSR count). The quantitative estimate of drug-likeness (QED) is 0.898. The molecule has 0 aliphatic carbocycles. The summed E-state index contributed by atoms with van der Waals surface area (Å²) in [7, 11) is 0. The first-order valence-electron chi connectivity index (χ1n) is 5.81. The van der Waals surface area contributed by atoms with E-state index in [1.807, 2.05) is 19.1 Å². The number of hydrogen-bond acceptors (Lipinski definition) is 3. The summed E-state index contributed by atoms with van der Waals surface area (Å²) in [5.74, 6) is 0.450. The number of fused-ring (bicyclic) bond motifs is 1. The number of carbonyl (C=O) groups excluding carboxylic acids is 1. The smallest absolute Gasteiger partial charge is 0.225 e. The lowest BCUT2D eigenvalue weighted by molar-refractivity contribution is -0.115. The van der Waals surface area contributed by atoms with E-state index in [-0.39, 0.29) is 5.91 Å². The van der Waals surface area contributed by atoms with Gasteiger partial charge >= 0.3 is 0 Å². The normalized spacial score (nSPS) is 11.1. The molecule has 90 valence electrons. The first-order chi connectivity index (χ1) is 8.11. The van der Waals surface area contributed by atoms with E-state index in [1.54, 1.807) is 0 Å². The van der Waals surface area contributed by atoms with E-state index in [1.165, 1.54) is 16.9 Å². The molecule has 0 bridgehead atoms. The number of amides is 1. The van der Waals surface area contributed by atoms with Crippen LogP contribution in [0.1, 0.15) is 38.7 Å². The molecule has 1 aromatic heterocycles. The molecule has 0 radical (unpaired) electrons. The summed E-state index contributed by atoms with van der Waals surface area (Å²) < 4.78 is 1.13. The highest BCUT2D eigenvalue weighted by Gasteiger charge is 2.11. The second-order valence-corrected chi connectivity index (χ2v) is 5.30. The summed E-state index contributed by atoms with van der Waals surface area (Å²) in [5, 5.41) is 3.51. The Morgan fingerprint density at radius 1 is 1.47 bits per heavy atom. The number of aromatic nitrogens is 1. The SMILES string of the molecule is CCC(=O)Nc1nc2c(C(C)C)cccc2s1. The zero-order valence-corrected chi connectivity index (χ0v) is 11.1. The molecule has 0 unspecified atom stereocenters. The third-order valence-corrected chi connectivity index (χ3v) is 3.58. The highest BCUT2D eigenvalue weighted by molar-refractivity contribution is 7.22. The molecule has 0 saturated carbocycles. The van der Waals surface area contributed by atoms with Gasteiger partial charge in [-0.05, 0) is 17.5 Å². The van der Waals surface area contributed by atoms with E-state index in [9.17, 15) is 4.79 Å². The molecule has 0 spiro atoms. The van der Waals surface area contributed by atoms with Gasteiger partial charge in [-0.3, -0.25) is 4.79 Å². The van der Waals surface area contributed by atoms with Gasteiger partial charge < -0.3 is 5.32 Å². The van der Waals surface area contributed by atoms with E-state index in [0.717, 1.165) is 10.2 Å². The number of benzene rings is 1. The summed E-state index contributed by atoms with van der Waals surface area (Å²) in [6.45, 7) is 6.14. The van der Waals surface area contributed by atoms with E-state index in [0.29, 0.717) is 17.5 Å². The summed E-state index contributed by atoms with van der Waals surface area (Å²) in [4.78, 5) is 15.8. The predicted molar refractivity (Wildman–Crippen MR) is 72.6 cm³/mol. The summed E-state index contributed by atoms with van der Waals surface area (Å²) in [6.07, 6.45) is 0.479. The number of thiazole rings is 1. The average Bonchev–Trinajstić information content (AvgIpc) is 2.70. The zero-order chi connectivity index (χ0) is 12.4. The Labute approximate surface area is 105 Å². The fraction of sp³-hybridized carbons (Fsp3) is 0.385. The van der Waals surface area contributed by atoms with E-state index < -0.39 is 0 Å². The van der Waals surface area contributed by atoms with Crippen LogP contribution in [-0.2, 0) is 4.79 Å². The third-order valence-electron chi connectivity index (χ3n) is 2.64. The lowest BCUT2D eigenvalue weighted by Gasteiger charge is -2.04. The van der Waals surface area contributed by atoms with Crippen molar-refractivity contribution in [2.24, 2.45) is 0 Å². The predicted octanol–water partition coefficient (Wildman–Crippen LogP) is 3.77. The number of anilines is 1. The molecule has 0 fully saturated rings. The maximum atomic E-state index is 11.3. The molecule has 1 N–H and O–H groups in total. The highest BCUT2D eigenvalue weighted by atomic mass is 32.1. The van der Waals surface area contributed by atoms with Crippen LogP contribution in [0.5, 0.6) is 0 Å². The van der Waals surface area contributed by atoms with Crippen LogP contribution in [0, 0.1) is 0 Å². The summed E-state index contributed by atoms with van der Waals surface area (Å²) >= 11 is 1.53. The van der Waals surface area contributed by atoms with Crippen molar-refractivity contribution in [2.45, 2.75) is 33.1 Å². The van der Waals surface area contributed by atoms with Gasteiger partial charge in [-0.1, -0.05) is 44.2 Å². The number of para-hydroxylation sites is 1. The van der Waals surface area contributed by atoms with Gasteiger partial charge in [0.2, 0.25) is 5.91 Å². The molecule has 3 nitrogen and oxygen atoms in total. The van der Waals surface area contributed by atoms with Crippen LogP contribution in [0.2, 0.25) is 0 Å². The largest absolute Gasteiger partial charge is 0.302 e. The minimum Gasteiger partial charge on any atom is -0.302 e. The summed E-state index contributed by atoms with van der Waals surface area (Å²) in [5.41, 5.74) is 2.25. The molecule has 0 saturated heterocycles. The van der Waals surface area contributed by atoms with Crippen molar-refractivity contribution in [1.82, 2.24) is 4.98 Å². The van der Waals surface area contributed by atoms with Crippen molar-refractivity contribution in [3.05, 3.63) is 23.8 Å².